The van der Waals surface area contributed by atoms with Crippen molar-refractivity contribution in [3.05, 3.63) is 0 Å². The third-order valence-electron chi connectivity index (χ3n) is 3.69. The van der Waals surface area contributed by atoms with Crippen LogP contribution in [-0.4, -0.2) is 18.8 Å². The van der Waals surface area contributed by atoms with Crippen molar-refractivity contribution in [1.82, 2.24) is 0 Å². The van der Waals surface area contributed by atoms with Crippen molar-refractivity contribution in [1.29, 1.82) is 0 Å². The molecule has 1 unspecified atom stereocenters. The fraction of sp³-hybridized carbons (Fsp3) is 1.00. The molecular weight excluding hydrogens is 210 g/mol. The third kappa shape index (κ3) is 7.77. The first-order valence-corrected chi connectivity index (χ1v) is 7.42. The molecule has 0 aliphatic rings. The van der Waals surface area contributed by atoms with Crippen LogP contribution in [0.25, 0.3) is 0 Å². The summed E-state index contributed by atoms with van der Waals surface area (Å²) in [4.78, 5) is 0. The molecule has 0 amide bonds. The number of hydrogen-bond donors (Lipinski definition) is 1. The Bertz CT molecular complexity index is 168. The SMILES string of the molecule is CCCCCCCCC(CN)C(C)(C)OCC. The van der Waals surface area contributed by atoms with Gasteiger partial charge in [-0.1, -0.05) is 45.4 Å². The predicted octanol–water partition coefficient (Wildman–Crippen LogP) is 4.13. The van der Waals surface area contributed by atoms with Crippen molar-refractivity contribution in [3.63, 3.8) is 0 Å². The van der Waals surface area contributed by atoms with Crippen LogP contribution in [0.2, 0.25) is 0 Å². The zero-order chi connectivity index (χ0) is 13.1. The Morgan fingerprint density at radius 3 is 2.12 bits per heavy atom. The lowest BCUT2D eigenvalue weighted by Crippen LogP contribution is -2.39. The van der Waals surface area contributed by atoms with Gasteiger partial charge in [0.05, 0.1) is 5.60 Å². The van der Waals surface area contributed by atoms with Crippen LogP contribution in [0.3, 0.4) is 0 Å². The summed E-state index contributed by atoms with van der Waals surface area (Å²) in [6.45, 7) is 10.2. The number of rotatable bonds is 11. The Labute approximate surface area is 108 Å². The minimum atomic E-state index is -0.0626. The van der Waals surface area contributed by atoms with Crippen LogP contribution >= 0.6 is 0 Å². The molecule has 104 valence electrons. The van der Waals surface area contributed by atoms with Gasteiger partial charge in [0, 0.05) is 6.61 Å². The standard InChI is InChI=1S/C15H33NO/c1-5-7-8-9-10-11-12-14(13-16)15(3,4)17-6-2/h14H,5-13,16H2,1-4H3. The van der Waals surface area contributed by atoms with Crippen LogP contribution in [-0.2, 0) is 4.74 Å². The number of nitrogens with two attached hydrogens (primary N) is 1. The minimum Gasteiger partial charge on any atom is -0.376 e. The van der Waals surface area contributed by atoms with Gasteiger partial charge in [-0.2, -0.15) is 0 Å². The molecule has 0 radical (unpaired) electrons. The summed E-state index contributed by atoms with van der Waals surface area (Å²) in [6.07, 6.45) is 9.31. The molecule has 17 heavy (non-hydrogen) atoms. The third-order valence-corrected chi connectivity index (χ3v) is 3.69. The lowest BCUT2D eigenvalue weighted by molar-refractivity contribution is -0.0546. The summed E-state index contributed by atoms with van der Waals surface area (Å²) < 4.78 is 5.80. The lowest BCUT2D eigenvalue weighted by atomic mass is 9.86. The van der Waals surface area contributed by atoms with Gasteiger partial charge in [-0.25, -0.2) is 0 Å². The number of hydrogen-bond acceptors (Lipinski definition) is 2. The second-order valence-electron chi connectivity index (χ2n) is 5.53. The topological polar surface area (TPSA) is 35.2 Å². The summed E-state index contributed by atoms with van der Waals surface area (Å²) in [7, 11) is 0. The van der Waals surface area contributed by atoms with E-state index in [0.717, 1.165) is 13.2 Å². The van der Waals surface area contributed by atoms with E-state index in [9.17, 15) is 0 Å². The average molecular weight is 243 g/mol. The summed E-state index contributed by atoms with van der Waals surface area (Å²) in [6, 6.07) is 0. The Kier molecular flexibility index (Phi) is 9.85. The van der Waals surface area contributed by atoms with Gasteiger partial charge < -0.3 is 10.5 Å². The second-order valence-corrected chi connectivity index (χ2v) is 5.53. The molecule has 0 saturated carbocycles. The molecule has 0 aromatic heterocycles. The quantitative estimate of drug-likeness (QED) is 0.554. The molecule has 0 saturated heterocycles. The molecule has 1 atom stereocenters. The van der Waals surface area contributed by atoms with Crippen molar-refractivity contribution < 1.29 is 4.74 Å². The molecule has 0 bridgehead atoms. The van der Waals surface area contributed by atoms with E-state index in [1.165, 1.54) is 44.9 Å². The van der Waals surface area contributed by atoms with Crippen LogP contribution in [0.5, 0.6) is 0 Å². The molecule has 0 aromatic carbocycles. The maximum atomic E-state index is 5.87. The highest BCUT2D eigenvalue weighted by Crippen LogP contribution is 2.25. The molecule has 2 nitrogen and oxygen atoms in total. The van der Waals surface area contributed by atoms with Crippen molar-refractivity contribution in [2.75, 3.05) is 13.2 Å². The first-order chi connectivity index (χ1) is 8.08. The van der Waals surface area contributed by atoms with E-state index in [0.29, 0.717) is 5.92 Å². The highest BCUT2D eigenvalue weighted by molar-refractivity contribution is 4.80. The molecule has 0 aliphatic heterocycles. The lowest BCUT2D eigenvalue weighted by Gasteiger charge is -2.33. The first kappa shape index (κ1) is 16.9. The van der Waals surface area contributed by atoms with Crippen molar-refractivity contribution in [3.8, 4) is 0 Å². The Hall–Kier alpha value is -0.0800. The fourth-order valence-corrected chi connectivity index (χ4v) is 2.41. The Balaban J connectivity index is 3.74. The summed E-state index contributed by atoms with van der Waals surface area (Å²) >= 11 is 0. The first-order valence-electron chi connectivity index (χ1n) is 7.42. The van der Waals surface area contributed by atoms with E-state index in [4.69, 9.17) is 10.5 Å². The number of unbranched alkanes of at least 4 members (excludes halogenated alkanes) is 5. The van der Waals surface area contributed by atoms with Crippen molar-refractivity contribution in [2.24, 2.45) is 11.7 Å². The van der Waals surface area contributed by atoms with Gasteiger partial charge in [0.15, 0.2) is 0 Å². The zero-order valence-electron chi connectivity index (χ0n) is 12.4. The summed E-state index contributed by atoms with van der Waals surface area (Å²) in [5.74, 6) is 0.494. The van der Waals surface area contributed by atoms with Crippen LogP contribution in [0.15, 0.2) is 0 Å². The van der Waals surface area contributed by atoms with E-state index in [-0.39, 0.29) is 5.60 Å². The Morgan fingerprint density at radius 2 is 1.59 bits per heavy atom. The largest absolute Gasteiger partial charge is 0.376 e. The predicted molar refractivity (Wildman–Crippen MR) is 76.2 cm³/mol. The monoisotopic (exact) mass is 243 g/mol. The fourth-order valence-electron chi connectivity index (χ4n) is 2.41. The molecule has 2 heteroatoms. The molecule has 0 rings (SSSR count). The van der Waals surface area contributed by atoms with Gasteiger partial charge in [0.2, 0.25) is 0 Å². The molecule has 0 spiro atoms. The minimum absolute atomic E-state index is 0.0626. The van der Waals surface area contributed by atoms with E-state index in [1.807, 2.05) is 0 Å². The van der Waals surface area contributed by atoms with Crippen molar-refractivity contribution >= 4 is 0 Å². The van der Waals surface area contributed by atoms with E-state index >= 15 is 0 Å². The zero-order valence-corrected chi connectivity index (χ0v) is 12.4. The maximum Gasteiger partial charge on any atom is 0.0666 e. The average Bonchev–Trinajstić information content (AvgIpc) is 2.27. The van der Waals surface area contributed by atoms with Gasteiger partial charge in [-0.15, -0.1) is 0 Å². The van der Waals surface area contributed by atoms with E-state index < -0.39 is 0 Å². The van der Waals surface area contributed by atoms with Gasteiger partial charge in [0.25, 0.3) is 0 Å². The smallest absolute Gasteiger partial charge is 0.0666 e. The van der Waals surface area contributed by atoms with E-state index in [2.05, 4.69) is 27.7 Å². The summed E-state index contributed by atoms with van der Waals surface area (Å²) in [5.41, 5.74) is 5.81. The Morgan fingerprint density at radius 1 is 1.00 bits per heavy atom. The summed E-state index contributed by atoms with van der Waals surface area (Å²) in [5, 5.41) is 0. The highest BCUT2D eigenvalue weighted by atomic mass is 16.5. The normalized spacial score (nSPS) is 13.9. The van der Waals surface area contributed by atoms with Gasteiger partial charge in [-0.05, 0) is 39.7 Å². The second kappa shape index (κ2) is 9.90. The molecule has 0 aliphatic carbocycles. The van der Waals surface area contributed by atoms with Gasteiger partial charge in [0.1, 0.15) is 0 Å². The van der Waals surface area contributed by atoms with Crippen LogP contribution in [0.1, 0.15) is 72.6 Å². The highest BCUT2D eigenvalue weighted by Gasteiger charge is 2.28. The van der Waals surface area contributed by atoms with Crippen LogP contribution < -0.4 is 5.73 Å². The molecule has 0 aromatic rings. The maximum absolute atomic E-state index is 5.87. The van der Waals surface area contributed by atoms with Crippen LogP contribution in [0, 0.1) is 5.92 Å². The molecule has 0 fully saturated rings. The van der Waals surface area contributed by atoms with Crippen LogP contribution in [0.4, 0.5) is 0 Å². The van der Waals surface area contributed by atoms with E-state index in [1.54, 1.807) is 0 Å². The van der Waals surface area contributed by atoms with Gasteiger partial charge >= 0.3 is 0 Å². The van der Waals surface area contributed by atoms with Gasteiger partial charge in [-0.3, -0.25) is 0 Å². The van der Waals surface area contributed by atoms with Crippen molar-refractivity contribution in [2.45, 2.75) is 78.2 Å². The molecular formula is C15H33NO. The number of ether oxygens (including phenoxy) is 1. The molecule has 2 N–H and O–H groups in total. The molecule has 0 heterocycles.